The molecule has 2 N–H and O–H groups in total. The van der Waals surface area contributed by atoms with Gasteiger partial charge in [-0.2, -0.15) is 0 Å². The van der Waals surface area contributed by atoms with Gasteiger partial charge < -0.3 is 5.73 Å². The van der Waals surface area contributed by atoms with Crippen LogP contribution in [0.4, 0.5) is 0 Å². The van der Waals surface area contributed by atoms with Crippen LogP contribution < -0.4 is 5.73 Å². The van der Waals surface area contributed by atoms with Gasteiger partial charge in [-0.15, -0.1) is 19.0 Å². The third-order valence-corrected chi connectivity index (χ3v) is 0.840. The van der Waals surface area contributed by atoms with Gasteiger partial charge in [0.1, 0.15) is 0 Å². The molecule has 0 saturated carbocycles. The van der Waals surface area contributed by atoms with Gasteiger partial charge in [-0.05, 0) is 12.8 Å². The first-order valence-corrected chi connectivity index (χ1v) is 2.87. The smallest absolute Gasteiger partial charge is 0.0106 e. The molecule has 1 nitrogen and oxygen atoms in total. The molecular formula is C7H14ClN. The molecule has 0 aliphatic heterocycles. The van der Waals surface area contributed by atoms with Crippen molar-refractivity contribution in [3.63, 3.8) is 0 Å². The number of halogens is 1. The van der Waals surface area contributed by atoms with Crippen LogP contribution in [0.2, 0.25) is 0 Å². The Morgan fingerprint density at radius 2 is 1.89 bits per heavy atom. The van der Waals surface area contributed by atoms with Gasteiger partial charge in [0, 0.05) is 6.54 Å². The van der Waals surface area contributed by atoms with E-state index in [0.717, 1.165) is 12.8 Å². The summed E-state index contributed by atoms with van der Waals surface area (Å²) in [5.74, 6) is 0. The van der Waals surface area contributed by atoms with E-state index < -0.39 is 0 Å². The molecule has 0 amide bonds. The Morgan fingerprint density at radius 1 is 1.22 bits per heavy atom. The van der Waals surface area contributed by atoms with Crippen LogP contribution in [0.1, 0.15) is 12.8 Å². The maximum atomic E-state index is 5.20. The summed E-state index contributed by atoms with van der Waals surface area (Å²) in [6, 6.07) is 0. The average molecular weight is 148 g/mol. The van der Waals surface area contributed by atoms with Crippen molar-refractivity contribution in [3.05, 3.63) is 24.8 Å². The Morgan fingerprint density at radius 3 is 2.33 bits per heavy atom. The van der Waals surface area contributed by atoms with Crippen molar-refractivity contribution in [1.82, 2.24) is 0 Å². The molecule has 0 fully saturated rings. The molecule has 9 heavy (non-hydrogen) atoms. The van der Waals surface area contributed by atoms with E-state index in [4.69, 9.17) is 5.73 Å². The summed E-state index contributed by atoms with van der Waals surface area (Å²) in [5, 5.41) is 0. The Hall–Kier alpha value is -0.270. The molecule has 0 unspecified atom stereocenters. The predicted molar refractivity (Wildman–Crippen MR) is 44.9 cm³/mol. The molecule has 0 heterocycles. The standard InChI is InChI=1S/C7H13N.ClH/c1-2-3-4-5-6-7-8;/h2,5-6H,1,3-4,7-8H2;1H. The van der Waals surface area contributed by atoms with Crippen LogP contribution in [0, 0.1) is 0 Å². The van der Waals surface area contributed by atoms with Gasteiger partial charge in [-0.25, -0.2) is 0 Å². The van der Waals surface area contributed by atoms with Crippen LogP contribution in [0.25, 0.3) is 0 Å². The van der Waals surface area contributed by atoms with Gasteiger partial charge in [0.2, 0.25) is 0 Å². The Labute approximate surface area is 63.0 Å². The lowest BCUT2D eigenvalue weighted by Crippen LogP contribution is -1.91. The van der Waals surface area contributed by atoms with E-state index in [1.165, 1.54) is 0 Å². The zero-order valence-corrected chi connectivity index (χ0v) is 6.36. The van der Waals surface area contributed by atoms with Gasteiger partial charge in [0.25, 0.3) is 0 Å². The van der Waals surface area contributed by atoms with Crippen LogP contribution in [0.5, 0.6) is 0 Å². The molecule has 0 aromatic heterocycles. The summed E-state index contributed by atoms with van der Waals surface area (Å²) in [6.07, 6.45) is 8.06. The summed E-state index contributed by atoms with van der Waals surface area (Å²) in [5.41, 5.74) is 5.20. The maximum Gasteiger partial charge on any atom is 0.0106 e. The largest absolute Gasteiger partial charge is 0.327 e. The Balaban J connectivity index is 0. The number of nitrogens with two attached hydrogens (primary N) is 1. The van der Waals surface area contributed by atoms with Crippen molar-refractivity contribution in [3.8, 4) is 0 Å². The van der Waals surface area contributed by atoms with Crippen LogP contribution in [-0.2, 0) is 0 Å². The van der Waals surface area contributed by atoms with E-state index in [1.54, 1.807) is 0 Å². The first-order valence-electron chi connectivity index (χ1n) is 2.87. The fourth-order valence-electron chi connectivity index (χ4n) is 0.428. The Kier molecular flexibility index (Phi) is 13.6. The van der Waals surface area contributed by atoms with Crippen LogP contribution in [0.15, 0.2) is 24.8 Å². The van der Waals surface area contributed by atoms with Crippen LogP contribution in [0.3, 0.4) is 0 Å². The third kappa shape index (κ3) is 11.3. The summed E-state index contributed by atoms with van der Waals surface area (Å²) >= 11 is 0. The SMILES string of the molecule is C=CCCC=CCN.Cl. The molecule has 0 aliphatic rings. The lowest BCUT2D eigenvalue weighted by atomic mass is 10.3. The lowest BCUT2D eigenvalue weighted by Gasteiger charge is -1.82. The Bertz CT molecular complexity index is 79.0. The van der Waals surface area contributed by atoms with Gasteiger partial charge >= 0.3 is 0 Å². The topological polar surface area (TPSA) is 26.0 Å². The second-order valence-electron chi connectivity index (χ2n) is 1.57. The molecule has 0 aliphatic carbocycles. The van der Waals surface area contributed by atoms with E-state index in [0.29, 0.717) is 6.54 Å². The normalized spacial score (nSPS) is 9.00. The number of hydrogen-bond acceptors (Lipinski definition) is 1. The molecule has 54 valence electrons. The lowest BCUT2D eigenvalue weighted by molar-refractivity contribution is 1.04. The molecule has 0 aromatic carbocycles. The molecule has 2 heteroatoms. The van der Waals surface area contributed by atoms with Crippen molar-refractivity contribution < 1.29 is 0 Å². The van der Waals surface area contributed by atoms with E-state index in [-0.39, 0.29) is 12.4 Å². The molecule has 0 rings (SSSR count). The molecule has 0 spiro atoms. The van der Waals surface area contributed by atoms with Crippen molar-refractivity contribution in [2.45, 2.75) is 12.8 Å². The summed E-state index contributed by atoms with van der Waals surface area (Å²) < 4.78 is 0. The fraction of sp³-hybridized carbons (Fsp3) is 0.429. The van der Waals surface area contributed by atoms with Gasteiger partial charge in [0.05, 0.1) is 0 Å². The number of allylic oxidation sites excluding steroid dienone is 2. The first kappa shape index (κ1) is 11.5. The van der Waals surface area contributed by atoms with E-state index in [9.17, 15) is 0 Å². The predicted octanol–water partition coefficient (Wildman–Crippen LogP) is 1.89. The molecule has 0 saturated heterocycles. The number of hydrogen-bond donors (Lipinski definition) is 1. The molecule has 0 atom stereocenters. The summed E-state index contributed by atoms with van der Waals surface area (Å²) in [6.45, 7) is 4.24. The van der Waals surface area contributed by atoms with Crippen molar-refractivity contribution in [1.29, 1.82) is 0 Å². The van der Waals surface area contributed by atoms with Crippen molar-refractivity contribution in [2.24, 2.45) is 5.73 Å². The van der Waals surface area contributed by atoms with Crippen LogP contribution in [-0.4, -0.2) is 6.54 Å². The second kappa shape index (κ2) is 10.7. The number of rotatable bonds is 4. The zero-order chi connectivity index (χ0) is 6.24. The second-order valence-corrected chi connectivity index (χ2v) is 1.57. The maximum absolute atomic E-state index is 5.20. The van der Waals surface area contributed by atoms with Gasteiger partial charge in [-0.3, -0.25) is 0 Å². The van der Waals surface area contributed by atoms with Gasteiger partial charge in [-0.1, -0.05) is 18.2 Å². The van der Waals surface area contributed by atoms with E-state index >= 15 is 0 Å². The molecule has 0 bridgehead atoms. The molecular weight excluding hydrogens is 134 g/mol. The van der Waals surface area contributed by atoms with Gasteiger partial charge in [0.15, 0.2) is 0 Å². The molecule has 0 aromatic rings. The monoisotopic (exact) mass is 147 g/mol. The quantitative estimate of drug-likeness (QED) is 0.477. The number of unbranched alkanes of at least 4 members (excludes halogenated alkanes) is 1. The zero-order valence-electron chi connectivity index (χ0n) is 5.55. The first-order chi connectivity index (χ1) is 3.91. The minimum absolute atomic E-state index is 0. The highest BCUT2D eigenvalue weighted by Gasteiger charge is 1.70. The van der Waals surface area contributed by atoms with Crippen molar-refractivity contribution >= 4 is 12.4 Å². The fourth-order valence-corrected chi connectivity index (χ4v) is 0.428. The average Bonchev–Trinajstić information content (AvgIpc) is 1.81. The third-order valence-electron chi connectivity index (χ3n) is 0.840. The highest BCUT2D eigenvalue weighted by molar-refractivity contribution is 5.85. The summed E-state index contributed by atoms with van der Waals surface area (Å²) in [7, 11) is 0. The van der Waals surface area contributed by atoms with Crippen molar-refractivity contribution in [2.75, 3.05) is 6.54 Å². The minimum Gasteiger partial charge on any atom is -0.327 e. The van der Waals surface area contributed by atoms with E-state index in [1.807, 2.05) is 12.2 Å². The highest BCUT2D eigenvalue weighted by Crippen LogP contribution is 1.88. The highest BCUT2D eigenvalue weighted by atomic mass is 35.5. The van der Waals surface area contributed by atoms with E-state index in [2.05, 4.69) is 12.7 Å². The molecule has 0 radical (unpaired) electrons. The minimum atomic E-state index is 0. The summed E-state index contributed by atoms with van der Waals surface area (Å²) in [4.78, 5) is 0. The van der Waals surface area contributed by atoms with Crippen LogP contribution >= 0.6 is 12.4 Å².